The summed E-state index contributed by atoms with van der Waals surface area (Å²) in [5.74, 6) is 4.39. The van der Waals surface area contributed by atoms with Gasteiger partial charge in [0, 0.05) is 288 Å². The number of nitrogens with zero attached hydrogens (tertiary/aromatic N) is 8. The molecule has 13 heterocycles. The van der Waals surface area contributed by atoms with Gasteiger partial charge in [0.2, 0.25) is 0 Å². The third kappa shape index (κ3) is 17.4. The largest absolute Gasteiger partial charge is 2.00 e. The Labute approximate surface area is 888 Å². The van der Waals surface area contributed by atoms with Crippen molar-refractivity contribution < 1.29 is 38.4 Å². The third-order valence-corrected chi connectivity index (χ3v) is 33.0. The number of hydrogen-bond acceptors (Lipinski definition) is 10. The van der Waals surface area contributed by atoms with Crippen LogP contribution in [-0.2, 0) is 70.8 Å². The van der Waals surface area contributed by atoms with Gasteiger partial charge in [-0.3, -0.25) is 0 Å². The van der Waals surface area contributed by atoms with Crippen molar-refractivity contribution in [2.45, 2.75) is 139 Å². The van der Waals surface area contributed by atoms with Crippen LogP contribution in [-0.4, -0.2) is 383 Å². The van der Waals surface area contributed by atoms with Gasteiger partial charge in [-0.2, -0.15) is 0 Å². The smallest absolute Gasteiger partial charge is 0.457 e. The molecule has 8 bridgehead atoms. The van der Waals surface area contributed by atoms with Gasteiger partial charge >= 0.3 is 19.5 Å². The summed E-state index contributed by atoms with van der Waals surface area (Å²) in [7, 11) is 181. The molecule has 16 unspecified atom stereocenters. The van der Waals surface area contributed by atoms with Crippen LogP contribution in [0, 0.1) is 0 Å². The van der Waals surface area contributed by atoms with Crippen LogP contribution in [0.4, 0.5) is 0 Å². The summed E-state index contributed by atoms with van der Waals surface area (Å²) >= 11 is 0. The monoisotopic (exact) mass is 1750 g/mol. The van der Waals surface area contributed by atoms with E-state index in [1.807, 2.05) is 121 Å². The number of benzene rings is 8. The normalized spacial score (nSPS) is 27.1. The van der Waals surface area contributed by atoms with Crippen LogP contribution in [0.3, 0.4) is 0 Å². The maximum Gasteiger partial charge on any atom is 2.00 e. The zero-order valence-corrected chi connectivity index (χ0v) is 80.7. The van der Waals surface area contributed by atoms with Crippen LogP contribution in [0.25, 0.3) is 89.7 Å². The number of hydrogen-bond donors (Lipinski definition) is 0. The summed E-state index contributed by atoms with van der Waals surface area (Å²) in [6.45, 7) is -2.58. The summed E-state index contributed by atoms with van der Waals surface area (Å²) < 4.78 is 28.3. The molecule has 0 N–H and O–H groups in total. The summed E-state index contributed by atoms with van der Waals surface area (Å²) in [5.41, 5.74) is 8.61. The Kier molecular flexibility index (Phi) is 28.4. The number of fused-ring (bicyclic) bond motifs is 20. The molecule has 8 fully saturated rings. The predicted molar refractivity (Wildman–Crippen MR) is 617 cm³/mol. The van der Waals surface area contributed by atoms with Gasteiger partial charge in [-0.1, -0.05) is 24.3 Å². The van der Waals surface area contributed by atoms with E-state index in [0.717, 1.165) is 44.5 Å². The Morgan fingerprint density at radius 3 is 0.596 bits per heavy atom. The van der Waals surface area contributed by atoms with E-state index >= 15 is 0 Å². The van der Waals surface area contributed by atoms with Crippen molar-refractivity contribution in [1.82, 2.24) is 39.9 Å². The van der Waals surface area contributed by atoms with Crippen LogP contribution >= 0.6 is 0 Å². The summed E-state index contributed by atoms with van der Waals surface area (Å²) in [5, 5.41) is -2.89. The van der Waals surface area contributed by atoms with Gasteiger partial charge in [-0.05, 0) is 239 Å². The fourth-order valence-electron chi connectivity index (χ4n) is 23.9. The molecule has 8 saturated heterocycles. The van der Waals surface area contributed by atoms with Crippen molar-refractivity contribution in [3.63, 3.8) is 0 Å². The van der Waals surface area contributed by atoms with Crippen LogP contribution in [0.1, 0.15) is 44.5 Å². The van der Waals surface area contributed by atoms with E-state index in [-0.39, 0.29) is 164 Å². The number of rotatable bonds is 40. The molecule has 16 atom stereocenters. The molecule has 0 amide bonds. The number of aromatic nitrogens is 8. The molecule has 64 radical (unpaired) electrons. The van der Waals surface area contributed by atoms with E-state index in [1.165, 1.54) is 0 Å². The minimum atomic E-state index is -0.633. The van der Waals surface area contributed by atoms with Crippen molar-refractivity contribution in [3.05, 3.63) is 190 Å². The maximum absolute atomic E-state index is 7.10. The van der Waals surface area contributed by atoms with Gasteiger partial charge in [0.05, 0.1) is 133 Å². The quantitative estimate of drug-likeness (QED) is 0.0472. The molecule has 8 aromatic carbocycles. The van der Waals surface area contributed by atoms with Gasteiger partial charge in [-0.25, -0.2) is 9.97 Å². The first-order valence-electron chi connectivity index (χ1n) is 47.0. The minimum Gasteiger partial charge on any atom is -0.457 e. The Balaban J connectivity index is 0.0000122. The molecular weight excluding hydrogens is 1700 g/mol. The Bertz CT molecular complexity index is 6730. The van der Waals surface area contributed by atoms with Crippen molar-refractivity contribution in [3.8, 4) is 91.5 Å². The van der Waals surface area contributed by atoms with Crippen LogP contribution in [0.2, 0.25) is 87.4 Å². The summed E-state index contributed by atoms with van der Waals surface area (Å²) in [6, 6.07) is 46.5. The second kappa shape index (κ2) is 39.2. The van der Waals surface area contributed by atoms with Gasteiger partial charge in [0.15, 0.2) is 0 Å². The van der Waals surface area contributed by atoms with E-state index in [2.05, 4.69) is 24.3 Å². The molecule has 141 heavy (non-hydrogen) atoms. The second-order valence-electron chi connectivity index (χ2n) is 40.3. The van der Waals surface area contributed by atoms with Gasteiger partial charge in [0.25, 0.3) is 0 Å². The zero-order valence-electron chi connectivity index (χ0n) is 77.8. The summed E-state index contributed by atoms with van der Waals surface area (Å²) in [6.07, 6.45) is 3.52. The Morgan fingerprint density at radius 1 is 0.220 bits per heavy atom. The predicted octanol–water partition coefficient (Wildman–Crippen LogP) is -0.169. The van der Waals surface area contributed by atoms with Crippen molar-refractivity contribution in [2.75, 3.05) is 0 Å². The molecule has 0 spiro atoms. The Morgan fingerprint density at radius 2 is 0.404 bits per heavy atom. The molecule has 61 heteroatoms. The fraction of sp³-hybridized carbons (Fsp3) is 0.300. The van der Waals surface area contributed by atoms with Crippen molar-refractivity contribution in [2.24, 2.45) is 0 Å². The Hall–Kier alpha value is -5.94. The average molecular weight is 1750 g/mol. The summed E-state index contributed by atoms with van der Waals surface area (Å²) in [4.78, 5) is 43.5. The van der Waals surface area contributed by atoms with Crippen molar-refractivity contribution >= 4 is 397 Å². The first-order valence-corrected chi connectivity index (χ1v) is 47.0. The fourth-order valence-corrected chi connectivity index (χ4v) is 23.9. The number of ether oxygens (including phenoxy) is 4. The topological polar surface area (TPSA) is 142 Å². The van der Waals surface area contributed by atoms with E-state index < -0.39 is 41.7 Å². The van der Waals surface area contributed by atoms with Crippen LogP contribution in [0.5, 0.6) is 46.0 Å². The zero-order chi connectivity index (χ0) is 98.1. The van der Waals surface area contributed by atoms with Crippen LogP contribution in [0.15, 0.2) is 146 Å². The molecule has 3 aromatic heterocycles. The van der Waals surface area contributed by atoms with Crippen molar-refractivity contribution in [1.29, 1.82) is 0 Å². The van der Waals surface area contributed by atoms with E-state index in [9.17, 15) is 0 Å². The molecule has 10 aliphatic heterocycles. The van der Waals surface area contributed by atoms with E-state index in [0.29, 0.717) is 141 Å². The molecule has 12 nitrogen and oxygen atoms in total. The standard InChI is InChI=1S/C80H48B48N8O4.Zn/c81-105-65-73(113-89,121(65)97)25-33-9-34(26-74(114-90)66(106-82)122(74)98)14-45(13-33)137-41-1-5-49-53(21-41)61-130-57(49)129-58-50-6-2-42(138-46-15-35(27-75(115-91)67(107-83)123(75)99)10-36(16-46)28-76(116-92)68(108-84)124(76)100)22-54(50)62(131-58)133-60-52-8-4-44(140-48-19-39(31-79(119-95)71(111-87)127(79)103)12-40(20-48)32-80(120-96)72(112-88)128(80)104)24-56(52)64(135-60)136-63-55-23-43(3-7-51(55)59(132-61)134-63)139-47-17-37(29-77(117-93)69(109-85)125(77)101)11-38(18-47)30-78(118-94)70(110-86)126(78)102;/h1-24,65-72H,25-32H2;/q-2;+2/i105-1,106-1,107-1,108-1,109-1,110-1,111-1,112-1,113-1,114-1,115-1,116-1,117-1,118-1,119-1,120-1,121-1,122-1,123-1,124-1,125-1,126-1,127-1,128-1;. The van der Waals surface area contributed by atoms with E-state index in [1.54, 1.807) is 115 Å². The molecular formula is C80H48B48N8O4Zn. The first kappa shape index (κ1) is 102. The maximum atomic E-state index is 7.10. The average Bonchev–Trinajstić information content (AvgIpc) is 1.57. The van der Waals surface area contributed by atoms with Gasteiger partial charge in [0.1, 0.15) is 46.0 Å². The van der Waals surface area contributed by atoms with Crippen LogP contribution < -0.4 is 28.9 Å². The third-order valence-electron chi connectivity index (χ3n) is 33.0. The van der Waals surface area contributed by atoms with Gasteiger partial charge in [-0.15, -0.1) is 87.4 Å². The minimum absolute atomic E-state index is 0. The van der Waals surface area contributed by atoms with E-state index in [4.69, 9.17) is 245 Å². The molecule has 11 aromatic rings. The molecule has 0 saturated carbocycles. The first-order chi connectivity index (χ1) is 67.5. The SMILES string of the molecule is [B][10B]C1[10B]([B])C1([10B][B])Cc1cc(CC2([10B][B])[10B]([B])C2[10B][B])cc(Oc2ccc3c(c2)-c2nc-3nc3[n-]c(nc4nc(nc5[n-]c(n2)c2ccc(Oc6cc(CC7([10B][B])[10B]([B])C7[10B][B])cc(CC7([10B][B])[10B]([B])C7[10B][B])c6)cc52)-c2cc(Oc5cc(CC6([10B][B])[10B]([B])C6[10B][B])cc(CC6([10B][B])[10B]([B])C6[10B][B])c5)ccc2-4)c2cc(Oc4cc(CC5([10B][B])[10B]([B])C5[10B][B])cc(CC5([10B][B])[10B]([B])C5[10B][B])c4)ccc32)c1.[Zn+2]. The van der Waals surface area contributed by atoms with Gasteiger partial charge < -0.3 is 48.9 Å². The molecule has 21 rings (SSSR count). The molecule has 0 aliphatic carbocycles. The second-order valence-corrected chi connectivity index (χ2v) is 40.3. The molecule has 578 valence electrons. The molecule has 10 aliphatic rings.